The maximum Gasteiger partial charge on any atom is 2.00 e. The monoisotopic (exact) mass is 201 g/mol. The molecule has 0 N–H and O–H groups in total. The summed E-state index contributed by atoms with van der Waals surface area (Å²) in [5.74, 6) is 0. The Kier molecular flexibility index (Phi) is 36.3. The molecule has 0 bridgehead atoms. The fourth-order valence-corrected chi connectivity index (χ4v) is 0. The van der Waals surface area contributed by atoms with Gasteiger partial charge in [-0.05, 0) is 0 Å². The van der Waals surface area contributed by atoms with Gasteiger partial charge in [-0.15, -0.1) is 0 Å². The SMILES string of the molecule is O=[N+]([O-])[O-].O=[N+]([O-])[O-].[F].[Ni+2]. The van der Waals surface area contributed by atoms with Crippen molar-refractivity contribution in [2.75, 3.05) is 0 Å². The third kappa shape index (κ3) is 167. The van der Waals surface area contributed by atoms with Gasteiger partial charge in [0.25, 0.3) is 0 Å². The van der Waals surface area contributed by atoms with Crippen LogP contribution in [0, 0.1) is 30.6 Å². The number of hydrogen-bond acceptors (Lipinski definition) is 6. The van der Waals surface area contributed by atoms with E-state index in [0.29, 0.717) is 0 Å². The third-order valence-electron chi connectivity index (χ3n) is 0. The zero-order valence-corrected chi connectivity index (χ0v) is 5.03. The Labute approximate surface area is 63.0 Å². The van der Waals surface area contributed by atoms with Gasteiger partial charge in [-0.3, -0.25) is 0 Å². The first-order valence-electron chi connectivity index (χ1n) is 1.10. The van der Waals surface area contributed by atoms with Crippen LogP contribution >= 0.6 is 0 Å². The number of hydrogen-bond donors (Lipinski definition) is 0. The zero-order valence-electron chi connectivity index (χ0n) is 4.04. The minimum Gasteiger partial charge on any atom is -0.356 e. The summed E-state index contributed by atoms with van der Waals surface area (Å²) >= 11 is 0. The summed E-state index contributed by atoms with van der Waals surface area (Å²) in [6, 6.07) is 0. The van der Waals surface area contributed by atoms with E-state index in [1.165, 1.54) is 0 Å². The van der Waals surface area contributed by atoms with Crippen LogP contribution in [0.25, 0.3) is 0 Å². The van der Waals surface area contributed by atoms with Crippen LogP contribution < -0.4 is 0 Å². The van der Waals surface area contributed by atoms with Crippen molar-refractivity contribution in [1.82, 2.24) is 0 Å². The summed E-state index contributed by atoms with van der Waals surface area (Å²) in [6.45, 7) is 0. The molecule has 0 aliphatic rings. The van der Waals surface area contributed by atoms with Gasteiger partial charge in [0.2, 0.25) is 0 Å². The zero-order chi connectivity index (χ0) is 7.15. The maximum absolute atomic E-state index is 8.25. The largest absolute Gasteiger partial charge is 2.00 e. The Morgan fingerprint density at radius 3 is 0.800 bits per heavy atom. The summed E-state index contributed by atoms with van der Waals surface area (Å²) < 4.78 is 0. The first kappa shape index (κ1) is 23.2. The van der Waals surface area contributed by atoms with Gasteiger partial charge in [0.15, 0.2) is 0 Å². The Hall–Kier alpha value is -1.18. The van der Waals surface area contributed by atoms with Crippen molar-refractivity contribution >= 4 is 0 Å². The topological polar surface area (TPSA) is 132 Å². The fraction of sp³-hybridized carbons (Fsp3) is 0. The molecular formula is FN2NiO6. The molecule has 0 unspecified atom stereocenters. The Bertz CT molecular complexity index is 73.7. The molecule has 0 atom stereocenters. The van der Waals surface area contributed by atoms with Crippen LogP contribution in [0.3, 0.4) is 0 Å². The quantitative estimate of drug-likeness (QED) is 0.306. The molecule has 10 heteroatoms. The van der Waals surface area contributed by atoms with Gasteiger partial charge in [0.1, 0.15) is 0 Å². The predicted molar refractivity (Wildman–Crippen MR) is 21.8 cm³/mol. The van der Waals surface area contributed by atoms with Crippen LogP contribution in [-0.4, -0.2) is 10.2 Å². The van der Waals surface area contributed by atoms with Crippen molar-refractivity contribution in [3.63, 3.8) is 0 Å². The van der Waals surface area contributed by atoms with Gasteiger partial charge in [0.05, 0.1) is 10.2 Å². The Morgan fingerprint density at radius 1 is 0.800 bits per heavy atom. The van der Waals surface area contributed by atoms with Crippen LogP contribution in [-0.2, 0) is 16.5 Å². The van der Waals surface area contributed by atoms with Crippen LogP contribution in [0.15, 0.2) is 0 Å². The Morgan fingerprint density at radius 2 is 0.800 bits per heavy atom. The molecule has 0 fully saturated rings. The molecule has 0 rings (SSSR count). The molecule has 0 saturated heterocycles. The van der Waals surface area contributed by atoms with E-state index in [0.717, 1.165) is 0 Å². The molecule has 1 radical (unpaired) electrons. The van der Waals surface area contributed by atoms with Crippen LogP contribution in [0.4, 0.5) is 4.70 Å². The molecule has 10 heavy (non-hydrogen) atoms. The standard InChI is InChI=1S/F.2NO3.Ni/c;2*2-1(3)4;/q;2*-1;+2. The average molecular weight is 202 g/mol. The summed E-state index contributed by atoms with van der Waals surface area (Å²) in [4.78, 5) is 16.5. The van der Waals surface area contributed by atoms with E-state index < -0.39 is 10.2 Å². The normalized spacial score (nSPS) is 4.80. The van der Waals surface area contributed by atoms with Gasteiger partial charge < -0.3 is 30.6 Å². The number of nitrogens with zero attached hydrogens (tertiary/aromatic N) is 2. The van der Waals surface area contributed by atoms with Gasteiger partial charge in [-0.2, -0.15) is 0 Å². The number of rotatable bonds is 0. The summed E-state index contributed by atoms with van der Waals surface area (Å²) in [6.07, 6.45) is 0. The van der Waals surface area contributed by atoms with E-state index in [1.807, 2.05) is 0 Å². The molecule has 8 nitrogen and oxygen atoms in total. The molecular weight excluding hydrogens is 202 g/mol. The van der Waals surface area contributed by atoms with Crippen LogP contribution in [0.1, 0.15) is 0 Å². The van der Waals surface area contributed by atoms with E-state index in [4.69, 9.17) is 30.6 Å². The first-order chi connectivity index (χ1) is 3.46. The number of halogens is 1. The van der Waals surface area contributed by atoms with E-state index in [2.05, 4.69) is 0 Å². The van der Waals surface area contributed by atoms with Crippen molar-refractivity contribution in [3.05, 3.63) is 30.6 Å². The van der Waals surface area contributed by atoms with E-state index in [9.17, 15) is 0 Å². The van der Waals surface area contributed by atoms with Crippen molar-refractivity contribution < 1.29 is 31.4 Å². The molecule has 0 aromatic heterocycles. The first-order valence-corrected chi connectivity index (χ1v) is 1.10. The summed E-state index contributed by atoms with van der Waals surface area (Å²) in [5, 5.41) is 29.5. The van der Waals surface area contributed by atoms with Gasteiger partial charge >= 0.3 is 16.5 Å². The van der Waals surface area contributed by atoms with Gasteiger partial charge in [0, 0.05) is 4.70 Å². The summed E-state index contributed by atoms with van der Waals surface area (Å²) in [5.41, 5.74) is 0. The fourth-order valence-electron chi connectivity index (χ4n) is 0. The minimum absolute atomic E-state index is 0. The molecule has 0 aliphatic carbocycles. The van der Waals surface area contributed by atoms with E-state index >= 15 is 0 Å². The average Bonchev–Trinajstić information content (AvgIpc) is 1.25. The molecule has 0 spiro atoms. The minimum atomic E-state index is -1.75. The van der Waals surface area contributed by atoms with Crippen molar-refractivity contribution in [1.29, 1.82) is 0 Å². The molecule has 63 valence electrons. The molecule has 0 aromatic rings. The molecule has 0 aromatic carbocycles. The molecule has 0 amide bonds. The molecule has 0 heterocycles. The van der Waals surface area contributed by atoms with Crippen molar-refractivity contribution in [3.8, 4) is 0 Å². The smallest absolute Gasteiger partial charge is 0.356 e. The second kappa shape index (κ2) is 15.7. The van der Waals surface area contributed by atoms with E-state index in [1.54, 1.807) is 0 Å². The Balaban J connectivity index is -0.0000000300. The second-order valence-electron chi connectivity index (χ2n) is 0.447. The predicted octanol–water partition coefficient (Wildman–Crippen LogP) is -0.0605. The van der Waals surface area contributed by atoms with Gasteiger partial charge in [-0.1, -0.05) is 0 Å². The maximum atomic E-state index is 8.25. The third-order valence-corrected chi connectivity index (χ3v) is 0. The molecule has 0 aliphatic heterocycles. The van der Waals surface area contributed by atoms with Crippen LogP contribution in [0.5, 0.6) is 0 Å². The molecule has 0 saturated carbocycles. The van der Waals surface area contributed by atoms with E-state index in [-0.39, 0.29) is 21.2 Å². The van der Waals surface area contributed by atoms with Crippen molar-refractivity contribution in [2.24, 2.45) is 0 Å². The second-order valence-corrected chi connectivity index (χ2v) is 0.447. The summed E-state index contributed by atoms with van der Waals surface area (Å²) in [7, 11) is 0. The van der Waals surface area contributed by atoms with Crippen LogP contribution in [0.2, 0.25) is 0 Å². The van der Waals surface area contributed by atoms with Crippen molar-refractivity contribution in [2.45, 2.75) is 0 Å². The van der Waals surface area contributed by atoms with Gasteiger partial charge in [-0.25, -0.2) is 0 Å².